The zero-order valence-electron chi connectivity index (χ0n) is 11.4. The minimum atomic E-state index is -0.153. The zero-order chi connectivity index (χ0) is 15.4. The Morgan fingerprint density at radius 3 is 2.62 bits per heavy atom. The van der Waals surface area contributed by atoms with Gasteiger partial charge in [0.25, 0.3) is 5.91 Å². The normalized spacial score (nSPS) is 10.2. The summed E-state index contributed by atoms with van der Waals surface area (Å²) in [6, 6.07) is 11.1. The van der Waals surface area contributed by atoms with E-state index in [9.17, 15) is 4.79 Å². The maximum atomic E-state index is 12.3. The summed E-state index contributed by atoms with van der Waals surface area (Å²) in [5, 5.41) is 0. The van der Waals surface area contributed by atoms with Gasteiger partial charge >= 0.3 is 0 Å². The lowest BCUT2D eigenvalue weighted by Gasteiger charge is -2.17. The number of carbonyl (C=O) groups excluding carboxylic acids is 1. The Balaban J connectivity index is 2.12. The van der Waals surface area contributed by atoms with E-state index < -0.39 is 0 Å². The van der Waals surface area contributed by atoms with Crippen molar-refractivity contribution in [2.45, 2.75) is 6.54 Å². The van der Waals surface area contributed by atoms with Crippen LogP contribution in [0.2, 0.25) is 0 Å². The molecule has 1 amide bonds. The first-order valence-corrected chi connectivity index (χ1v) is 7.44. The van der Waals surface area contributed by atoms with Gasteiger partial charge in [0, 0.05) is 29.8 Å². The third-order valence-corrected chi connectivity index (χ3v) is 3.99. The molecule has 2 N–H and O–H groups in total. The number of benzene rings is 1. The number of carbonyl (C=O) groups is 1. The quantitative estimate of drug-likeness (QED) is 0.848. The van der Waals surface area contributed by atoms with Gasteiger partial charge in [-0.2, -0.15) is 0 Å². The molecule has 1 aromatic heterocycles. The van der Waals surface area contributed by atoms with E-state index in [4.69, 9.17) is 18.0 Å². The van der Waals surface area contributed by atoms with Crippen LogP contribution in [-0.2, 0) is 6.54 Å². The molecule has 0 aliphatic rings. The van der Waals surface area contributed by atoms with E-state index in [2.05, 4.69) is 20.9 Å². The van der Waals surface area contributed by atoms with Gasteiger partial charge in [0.05, 0.1) is 0 Å². The molecule has 0 bridgehead atoms. The molecule has 1 aromatic carbocycles. The fourth-order valence-electron chi connectivity index (χ4n) is 1.82. The summed E-state index contributed by atoms with van der Waals surface area (Å²) in [5.74, 6) is -0.153. The highest BCUT2D eigenvalue weighted by Gasteiger charge is 2.14. The first-order valence-electron chi connectivity index (χ1n) is 6.24. The molecular formula is C15H14BrN3OS. The van der Waals surface area contributed by atoms with Gasteiger partial charge < -0.3 is 10.6 Å². The van der Waals surface area contributed by atoms with Gasteiger partial charge in [-0.1, -0.05) is 46.3 Å². The molecule has 0 aliphatic carbocycles. The van der Waals surface area contributed by atoms with Crippen molar-refractivity contribution in [2.24, 2.45) is 5.73 Å². The molecule has 0 fully saturated rings. The monoisotopic (exact) mass is 363 g/mol. The highest BCUT2D eigenvalue weighted by molar-refractivity contribution is 9.10. The van der Waals surface area contributed by atoms with Crippen LogP contribution in [0.4, 0.5) is 0 Å². The van der Waals surface area contributed by atoms with E-state index in [1.165, 1.54) is 6.20 Å². The van der Waals surface area contributed by atoms with Crippen LogP contribution in [-0.4, -0.2) is 27.8 Å². The van der Waals surface area contributed by atoms with Gasteiger partial charge in [-0.25, -0.2) is 0 Å². The van der Waals surface area contributed by atoms with Crippen LogP contribution in [0.25, 0.3) is 0 Å². The van der Waals surface area contributed by atoms with Crippen molar-refractivity contribution in [2.75, 3.05) is 7.05 Å². The van der Waals surface area contributed by atoms with Crippen LogP contribution in [0.1, 0.15) is 21.6 Å². The van der Waals surface area contributed by atoms with Crippen molar-refractivity contribution in [3.63, 3.8) is 0 Å². The summed E-state index contributed by atoms with van der Waals surface area (Å²) in [6.07, 6.45) is 1.52. The van der Waals surface area contributed by atoms with Gasteiger partial charge in [0.2, 0.25) is 0 Å². The minimum Gasteiger partial charge on any atom is -0.389 e. The second-order valence-corrected chi connectivity index (χ2v) is 5.84. The van der Waals surface area contributed by atoms with Gasteiger partial charge in [0.1, 0.15) is 10.7 Å². The zero-order valence-corrected chi connectivity index (χ0v) is 13.8. The maximum Gasteiger partial charge on any atom is 0.272 e. The summed E-state index contributed by atoms with van der Waals surface area (Å²) < 4.78 is 0.974. The second kappa shape index (κ2) is 6.78. The van der Waals surface area contributed by atoms with Gasteiger partial charge in [0.15, 0.2) is 0 Å². The SMILES string of the molecule is CN(Cc1ccccc1Br)C(=O)c1ccc(C(N)=S)cn1. The number of hydrogen-bond acceptors (Lipinski definition) is 3. The van der Waals surface area contributed by atoms with E-state index >= 15 is 0 Å². The van der Waals surface area contributed by atoms with E-state index in [1.807, 2.05) is 24.3 Å². The number of nitrogens with two attached hydrogens (primary N) is 1. The molecule has 0 saturated heterocycles. The van der Waals surface area contributed by atoms with Gasteiger partial charge in [-0.15, -0.1) is 0 Å². The molecule has 0 atom stereocenters. The number of amides is 1. The highest BCUT2D eigenvalue weighted by Crippen LogP contribution is 2.18. The molecule has 0 aliphatic heterocycles. The molecule has 6 heteroatoms. The van der Waals surface area contributed by atoms with Crippen LogP contribution in [0.5, 0.6) is 0 Å². The molecular weight excluding hydrogens is 350 g/mol. The van der Waals surface area contributed by atoms with Crippen LogP contribution < -0.4 is 5.73 Å². The fraction of sp³-hybridized carbons (Fsp3) is 0.133. The molecule has 21 heavy (non-hydrogen) atoms. The second-order valence-electron chi connectivity index (χ2n) is 4.55. The van der Waals surface area contributed by atoms with Gasteiger partial charge in [-0.3, -0.25) is 9.78 Å². The van der Waals surface area contributed by atoms with E-state index in [0.29, 0.717) is 17.8 Å². The maximum absolute atomic E-state index is 12.3. The summed E-state index contributed by atoms with van der Waals surface area (Å²) >= 11 is 8.33. The molecule has 0 saturated carbocycles. The van der Waals surface area contributed by atoms with Crippen molar-refractivity contribution >= 4 is 39.0 Å². The first-order chi connectivity index (χ1) is 9.99. The number of aromatic nitrogens is 1. The average molecular weight is 364 g/mol. The van der Waals surface area contributed by atoms with E-state index in [0.717, 1.165) is 10.0 Å². The fourth-order valence-corrected chi connectivity index (χ4v) is 2.35. The third-order valence-electron chi connectivity index (χ3n) is 2.98. The topological polar surface area (TPSA) is 59.2 Å². The van der Waals surface area contributed by atoms with Crippen molar-refractivity contribution in [1.82, 2.24) is 9.88 Å². The Bertz CT molecular complexity index is 673. The number of nitrogens with zero attached hydrogens (tertiary/aromatic N) is 2. The molecule has 1 heterocycles. The lowest BCUT2D eigenvalue weighted by molar-refractivity contribution is 0.0779. The van der Waals surface area contributed by atoms with Crippen molar-refractivity contribution in [3.05, 3.63) is 63.9 Å². The number of rotatable bonds is 4. The van der Waals surface area contributed by atoms with Crippen molar-refractivity contribution in [3.8, 4) is 0 Å². The Morgan fingerprint density at radius 2 is 2.05 bits per heavy atom. The Hall–Kier alpha value is -1.79. The highest BCUT2D eigenvalue weighted by atomic mass is 79.9. The standard InChI is InChI=1S/C15H14BrN3OS/c1-19(9-11-4-2-3-5-12(11)16)15(20)13-7-6-10(8-18-13)14(17)21/h2-8H,9H2,1H3,(H2,17,21). The predicted octanol–water partition coefficient (Wildman–Crippen LogP) is 2.75. The largest absolute Gasteiger partial charge is 0.389 e. The summed E-state index contributed by atoms with van der Waals surface area (Å²) in [5.41, 5.74) is 7.56. The lowest BCUT2D eigenvalue weighted by Crippen LogP contribution is -2.27. The Labute approximate surface area is 137 Å². The van der Waals surface area contributed by atoms with E-state index in [-0.39, 0.29) is 10.9 Å². The number of thiocarbonyl (C=S) groups is 1. The van der Waals surface area contributed by atoms with Crippen molar-refractivity contribution < 1.29 is 4.79 Å². The first kappa shape index (κ1) is 15.6. The summed E-state index contributed by atoms with van der Waals surface area (Å²) in [4.78, 5) is 18.3. The number of hydrogen-bond donors (Lipinski definition) is 1. The number of halogens is 1. The predicted molar refractivity (Wildman–Crippen MR) is 90.1 cm³/mol. The molecule has 2 rings (SSSR count). The van der Waals surface area contributed by atoms with Crippen LogP contribution in [0, 0.1) is 0 Å². The van der Waals surface area contributed by atoms with Crippen molar-refractivity contribution in [1.29, 1.82) is 0 Å². The van der Waals surface area contributed by atoms with E-state index in [1.54, 1.807) is 24.1 Å². The molecule has 108 valence electrons. The molecule has 2 aromatic rings. The Morgan fingerprint density at radius 1 is 1.33 bits per heavy atom. The minimum absolute atomic E-state index is 0.153. The summed E-state index contributed by atoms with van der Waals surface area (Å²) in [7, 11) is 1.74. The number of pyridine rings is 1. The molecule has 0 radical (unpaired) electrons. The molecule has 0 unspecified atom stereocenters. The third kappa shape index (κ3) is 3.86. The summed E-state index contributed by atoms with van der Waals surface area (Å²) in [6.45, 7) is 0.499. The molecule has 4 nitrogen and oxygen atoms in total. The Kier molecular flexibility index (Phi) is 5.03. The molecule has 0 spiro atoms. The van der Waals surface area contributed by atoms with Gasteiger partial charge in [-0.05, 0) is 23.8 Å². The van der Waals surface area contributed by atoms with Crippen LogP contribution >= 0.6 is 28.1 Å². The van der Waals surface area contributed by atoms with Crippen LogP contribution in [0.15, 0.2) is 47.1 Å². The van der Waals surface area contributed by atoms with Crippen LogP contribution in [0.3, 0.4) is 0 Å². The average Bonchev–Trinajstić information content (AvgIpc) is 2.49. The lowest BCUT2D eigenvalue weighted by atomic mass is 10.2. The smallest absolute Gasteiger partial charge is 0.272 e.